The number of aromatic nitrogens is 3. The largest absolute Gasteiger partial charge is 0.369 e. The number of hydrogen-bond acceptors (Lipinski definition) is 5. The Morgan fingerprint density at radius 1 is 1.53 bits per heavy atom. The Hall–Kier alpha value is -2.15. The summed E-state index contributed by atoms with van der Waals surface area (Å²) in [5.41, 5.74) is 0.854. The summed E-state index contributed by atoms with van der Waals surface area (Å²) in [7, 11) is 1.85. The lowest BCUT2D eigenvalue weighted by atomic mass is 10.3. The van der Waals surface area contributed by atoms with Crippen LogP contribution in [0.25, 0.3) is 0 Å². The van der Waals surface area contributed by atoms with Crippen molar-refractivity contribution in [3.05, 3.63) is 45.4 Å². The van der Waals surface area contributed by atoms with Gasteiger partial charge in [0, 0.05) is 26.2 Å². The monoisotopic (exact) mass is 281 g/mol. The molecule has 0 saturated carbocycles. The molecule has 0 amide bonds. The molecule has 0 saturated heterocycles. The van der Waals surface area contributed by atoms with E-state index in [1.807, 2.05) is 19.3 Å². The molecule has 0 radical (unpaired) electrons. The molecule has 19 heavy (non-hydrogen) atoms. The van der Waals surface area contributed by atoms with Crippen LogP contribution in [0.4, 0.5) is 11.5 Å². The summed E-state index contributed by atoms with van der Waals surface area (Å²) in [6, 6.07) is 4.48. The first-order chi connectivity index (χ1) is 9.04. The molecule has 2 heterocycles. The van der Waals surface area contributed by atoms with Crippen LogP contribution < -0.4 is 5.32 Å². The Morgan fingerprint density at radius 3 is 2.95 bits per heavy atom. The minimum absolute atomic E-state index is 0.0830. The number of nitrogens with one attached hydrogen (secondary N) is 1. The highest BCUT2D eigenvalue weighted by Crippen LogP contribution is 2.20. The van der Waals surface area contributed by atoms with Crippen molar-refractivity contribution in [3.8, 4) is 0 Å². The Labute approximate surface area is 114 Å². The average Bonchev–Trinajstić information content (AvgIpc) is 2.74. The molecule has 100 valence electrons. The molecule has 0 atom stereocenters. The van der Waals surface area contributed by atoms with E-state index in [9.17, 15) is 10.1 Å². The molecule has 2 aromatic heterocycles. The van der Waals surface area contributed by atoms with E-state index in [1.54, 1.807) is 4.68 Å². The number of nitrogens with zero attached hydrogens (tertiary/aromatic N) is 4. The summed E-state index contributed by atoms with van der Waals surface area (Å²) >= 11 is 5.72. The number of pyridine rings is 1. The molecule has 0 aliphatic rings. The predicted octanol–water partition coefficient (Wildman–Crippen LogP) is 2.03. The third-order valence-electron chi connectivity index (χ3n) is 2.45. The molecular formula is C11H12ClN5O2. The fraction of sp³-hybridized carbons (Fsp3) is 0.273. The zero-order valence-corrected chi connectivity index (χ0v) is 11.0. The lowest BCUT2D eigenvalue weighted by Crippen LogP contribution is -2.07. The highest BCUT2D eigenvalue weighted by molar-refractivity contribution is 6.29. The SMILES string of the molecule is Cn1ccc(CCNc2cc([N+](=O)[O-])cc(Cl)n2)n1. The number of anilines is 1. The molecule has 0 fully saturated rings. The molecule has 7 nitrogen and oxygen atoms in total. The smallest absolute Gasteiger partial charge is 0.276 e. The minimum atomic E-state index is -0.502. The van der Waals surface area contributed by atoms with Crippen LogP contribution in [-0.4, -0.2) is 26.2 Å². The highest BCUT2D eigenvalue weighted by atomic mass is 35.5. The van der Waals surface area contributed by atoms with E-state index >= 15 is 0 Å². The molecule has 2 aromatic rings. The van der Waals surface area contributed by atoms with Gasteiger partial charge in [-0.3, -0.25) is 14.8 Å². The van der Waals surface area contributed by atoms with Crippen LogP contribution in [-0.2, 0) is 13.5 Å². The van der Waals surface area contributed by atoms with Gasteiger partial charge < -0.3 is 5.32 Å². The van der Waals surface area contributed by atoms with Gasteiger partial charge in [-0.15, -0.1) is 0 Å². The maximum absolute atomic E-state index is 10.7. The lowest BCUT2D eigenvalue weighted by Gasteiger charge is -2.04. The van der Waals surface area contributed by atoms with Crippen molar-refractivity contribution in [1.82, 2.24) is 14.8 Å². The number of nitro groups is 1. The van der Waals surface area contributed by atoms with E-state index in [0.717, 1.165) is 5.69 Å². The van der Waals surface area contributed by atoms with Crippen LogP contribution in [0, 0.1) is 10.1 Å². The zero-order chi connectivity index (χ0) is 13.8. The highest BCUT2D eigenvalue weighted by Gasteiger charge is 2.10. The van der Waals surface area contributed by atoms with Gasteiger partial charge in [-0.1, -0.05) is 11.6 Å². The fourth-order valence-electron chi connectivity index (χ4n) is 1.59. The van der Waals surface area contributed by atoms with Crippen molar-refractivity contribution in [3.63, 3.8) is 0 Å². The molecule has 8 heteroatoms. The van der Waals surface area contributed by atoms with Crippen LogP contribution in [0.1, 0.15) is 5.69 Å². The second-order valence-corrected chi connectivity index (χ2v) is 4.34. The van der Waals surface area contributed by atoms with E-state index < -0.39 is 4.92 Å². The quantitative estimate of drug-likeness (QED) is 0.515. The topological polar surface area (TPSA) is 85.9 Å². The van der Waals surface area contributed by atoms with Crippen molar-refractivity contribution in [2.75, 3.05) is 11.9 Å². The second-order valence-electron chi connectivity index (χ2n) is 3.95. The first kappa shape index (κ1) is 13.3. The van der Waals surface area contributed by atoms with Gasteiger partial charge in [-0.25, -0.2) is 4.98 Å². The number of aryl methyl sites for hydroxylation is 1. The standard InChI is InChI=1S/C11H12ClN5O2/c1-16-5-3-8(15-16)2-4-13-11-7-9(17(18)19)6-10(12)14-11/h3,5-7H,2,4H2,1H3,(H,13,14). The summed E-state index contributed by atoms with van der Waals surface area (Å²) in [4.78, 5) is 14.2. The first-order valence-corrected chi connectivity index (χ1v) is 5.97. The number of halogens is 1. The van der Waals surface area contributed by atoms with Crippen molar-refractivity contribution in [2.24, 2.45) is 7.05 Å². The van der Waals surface area contributed by atoms with Gasteiger partial charge in [-0.2, -0.15) is 5.10 Å². The fourth-order valence-corrected chi connectivity index (χ4v) is 1.80. The van der Waals surface area contributed by atoms with Crippen molar-refractivity contribution in [1.29, 1.82) is 0 Å². The molecular weight excluding hydrogens is 270 g/mol. The van der Waals surface area contributed by atoms with Crippen LogP contribution in [0.3, 0.4) is 0 Å². The van der Waals surface area contributed by atoms with Gasteiger partial charge >= 0.3 is 0 Å². The normalized spacial score (nSPS) is 10.4. The average molecular weight is 282 g/mol. The summed E-state index contributed by atoms with van der Waals surface area (Å²) in [6.45, 7) is 0.571. The number of rotatable bonds is 5. The molecule has 0 unspecified atom stereocenters. The summed E-state index contributed by atoms with van der Waals surface area (Å²) in [6.07, 6.45) is 2.56. The summed E-state index contributed by atoms with van der Waals surface area (Å²) < 4.78 is 1.72. The van der Waals surface area contributed by atoms with Gasteiger partial charge in [0.1, 0.15) is 11.0 Å². The van der Waals surface area contributed by atoms with E-state index in [4.69, 9.17) is 11.6 Å². The van der Waals surface area contributed by atoms with Crippen LogP contribution in [0.2, 0.25) is 5.15 Å². The van der Waals surface area contributed by atoms with E-state index in [1.165, 1.54) is 12.1 Å². The summed E-state index contributed by atoms with van der Waals surface area (Å²) in [5, 5.41) is 18.0. The Morgan fingerprint density at radius 2 is 2.32 bits per heavy atom. The van der Waals surface area contributed by atoms with Crippen LogP contribution >= 0.6 is 11.6 Å². The van der Waals surface area contributed by atoms with Crippen molar-refractivity contribution < 1.29 is 4.92 Å². The van der Waals surface area contributed by atoms with Gasteiger partial charge in [0.05, 0.1) is 22.7 Å². The summed E-state index contributed by atoms with van der Waals surface area (Å²) in [5.74, 6) is 0.384. The lowest BCUT2D eigenvalue weighted by molar-refractivity contribution is -0.384. The van der Waals surface area contributed by atoms with Crippen LogP contribution in [0.15, 0.2) is 24.4 Å². The van der Waals surface area contributed by atoms with Crippen LogP contribution in [0.5, 0.6) is 0 Å². The Kier molecular flexibility index (Phi) is 3.96. The van der Waals surface area contributed by atoms with Crippen molar-refractivity contribution in [2.45, 2.75) is 6.42 Å². The minimum Gasteiger partial charge on any atom is -0.369 e. The second kappa shape index (κ2) is 5.66. The Balaban J connectivity index is 1.97. The van der Waals surface area contributed by atoms with Gasteiger partial charge in [0.25, 0.3) is 5.69 Å². The van der Waals surface area contributed by atoms with Gasteiger partial charge in [0.15, 0.2) is 0 Å². The molecule has 2 rings (SSSR count). The molecule has 0 aliphatic carbocycles. The van der Waals surface area contributed by atoms with Gasteiger partial charge in [-0.05, 0) is 6.07 Å². The van der Waals surface area contributed by atoms with Gasteiger partial charge in [0.2, 0.25) is 0 Å². The molecule has 0 aromatic carbocycles. The molecule has 0 bridgehead atoms. The van der Waals surface area contributed by atoms with E-state index in [2.05, 4.69) is 15.4 Å². The number of hydrogen-bond donors (Lipinski definition) is 1. The van der Waals surface area contributed by atoms with E-state index in [0.29, 0.717) is 18.8 Å². The maximum atomic E-state index is 10.7. The third-order valence-corrected chi connectivity index (χ3v) is 2.64. The third kappa shape index (κ3) is 3.65. The molecule has 0 aliphatic heterocycles. The predicted molar refractivity (Wildman–Crippen MR) is 71.3 cm³/mol. The molecule has 1 N–H and O–H groups in total. The molecule has 0 spiro atoms. The van der Waals surface area contributed by atoms with E-state index in [-0.39, 0.29) is 10.8 Å². The Bertz CT molecular complexity index is 599. The van der Waals surface area contributed by atoms with Crippen molar-refractivity contribution >= 4 is 23.1 Å². The maximum Gasteiger partial charge on any atom is 0.276 e. The first-order valence-electron chi connectivity index (χ1n) is 5.59. The zero-order valence-electron chi connectivity index (χ0n) is 10.2.